The Morgan fingerprint density at radius 1 is 1.13 bits per heavy atom. The molecular formula is C27H35N7O5. The Hall–Kier alpha value is -4.37. The molecule has 1 saturated heterocycles. The number of carbonyl (C=O) groups excluding carboxylic acids is 3. The summed E-state index contributed by atoms with van der Waals surface area (Å²) < 4.78 is 10.9. The molecule has 208 valence electrons. The lowest BCUT2D eigenvalue weighted by molar-refractivity contribution is -0.121. The minimum absolute atomic E-state index is 0.0398. The smallest absolute Gasteiger partial charge is 0.295 e. The Bertz CT molecular complexity index is 1220. The highest BCUT2D eigenvalue weighted by molar-refractivity contribution is 5.96. The van der Waals surface area contributed by atoms with E-state index in [1.165, 1.54) is 0 Å². The summed E-state index contributed by atoms with van der Waals surface area (Å²) in [6.07, 6.45) is 7.88. The number of methoxy groups -OCH3 is 1. The molecule has 1 fully saturated rings. The van der Waals surface area contributed by atoms with Crippen LogP contribution in [0.15, 0.2) is 18.2 Å². The molecule has 0 saturated carbocycles. The Labute approximate surface area is 227 Å². The predicted octanol–water partition coefficient (Wildman–Crippen LogP) is 1.28. The molecular weight excluding hydrogens is 502 g/mol. The number of amides is 3. The first-order chi connectivity index (χ1) is 18.8. The van der Waals surface area contributed by atoms with Gasteiger partial charge in [-0.15, -0.1) is 6.42 Å². The number of rotatable bonds is 13. The molecule has 12 nitrogen and oxygen atoms in total. The summed E-state index contributed by atoms with van der Waals surface area (Å²) in [7, 11) is 1.55. The maximum Gasteiger partial charge on any atom is 0.295 e. The van der Waals surface area contributed by atoms with Crippen LogP contribution < -0.4 is 31.7 Å². The molecule has 0 atom stereocenters. The fraction of sp³-hybridized carbons (Fsp3) is 0.444. The number of nitrogens with one attached hydrogen (secondary N) is 4. The second-order valence-corrected chi connectivity index (χ2v) is 8.91. The molecule has 1 aromatic carbocycles. The number of terminal acetylenes is 1. The molecule has 3 amide bonds. The van der Waals surface area contributed by atoms with Crippen LogP contribution >= 0.6 is 0 Å². The Kier molecular flexibility index (Phi) is 10.9. The van der Waals surface area contributed by atoms with E-state index in [1.807, 2.05) is 25.0 Å². The number of aryl methyl sites for hydroxylation is 1. The lowest BCUT2D eigenvalue weighted by atomic mass is 10.1. The van der Waals surface area contributed by atoms with Gasteiger partial charge in [0, 0.05) is 50.5 Å². The Morgan fingerprint density at radius 2 is 1.90 bits per heavy atom. The van der Waals surface area contributed by atoms with Gasteiger partial charge in [0.05, 0.1) is 12.8 Å². The van der Waals surface area contributed by atoms with Crippen LogP contribution in [0.4, 0.5) is 17.3 Å². The molecule has 0 radical (unpaired) electrons. The topological polar surface area (TPSA) is 170 Å². The monoisotopic (exact) mass is 537 g/mol. The maximum atomic E-state index is 12.3. The average molecular weight is 538 g/mol. The lowest BCUT2D eigenvalue weighted by Crippen LogP contribution is -2.31. The quantitative estimate of drug-likeness (QED) is 0.236. The number of hydrogen-bond donors (Lipinski definition) is 5. The minimum Gasteiger partial charge on any atom is -0.497 e. The number of ether oxygens (including phenoxy) is 2. The summed E-state index contributed by atoms with van der Waals surface area (Å²) in [5, 5.41) is 11.9. The molecule has 0 unspecified atom stereocenters. The van der Waals surface area contributed by atoms with Gasteiger partial charge in [-0.2, -0.15) is 0 Å². The highest BCUT2D eigenvalue weighted by Gasteiger charge is 2.21. The van der Waals surface area contributed by atoms with E-state index < -0.39 is 11.8 Å². The number of hydrogen-bond acceptors (Lipinski definition) is 9. The van der Waals surface area contributed by atoms with Gasteiger partial charge in [-0.05, 0) is 49.3 Å². The number of nitrogens with two attached hydrogens (primary N) is 1. The first kappa shape index (κ1) is 29.2. The van der Waals surface area contributed by atoms with E-state index in [-0.39, 0.29) is 36.4 Å². The number of benzene rings is 1. The van der Waals surface area contributed by atoms with Crippen molar-refractivity contribution in [3.63, 3.8) is 0 Å². The van der Waals surface area contributed by atoms with Gasteiger partial charge in [0.15, 0.2) is 17.3 Å². The van der Waals surface area contributed by atoms with Crippen LogP contribution in [-0.2, 0) is 27.2 Å². The van der Waals surface area contributed by atoms with Crippen LogP contribution in [0.2, 0.25) is 0 Å². The average Bonchev–Trinajstić information content (AvgIpc) is 2.93. The van der Waals surface area contributed by atoms with E-state index in [9.17, 15) is 14.4 Å². The highest BCUT2D eigenvalue weighted by Crippen LogP contribution is 2.27. The van der Waals surface area contributed by atoms with Crippen molar-refractivity contribution in [3.05, 3.63) is 35.2 Å². The van der Waals surface area contributed by atoms with Crippen LogP contribution in [0.3, 0.4) is 0 Å². The van der Waals surface area contributed by atoms with E-state index in [4.69, 9.17) is 26.6 Å². The van der Waals surface area contributed by atoms with Crippen LogP contribution in [0, 0.1) is 12.3 Å². The van der Waals surface area contributed by atoms with Crippen LogP contribution in [0.25, 0.3) is 0 Å². The third kappa shape index (κ3) is 8.86. The number of primary amides is 1. The molecule has 0 aliphatic carbocycles. The van der Waals surface area contributed by atoms with Gasteiger partial charge in [0.2, 0.25) is 5.91 Å². The molecule has 2 aromatic rings. The third-order valence-corrected chi connectivity index (χ3v) is 6.07. The summed E-state index contributed by atoms with van der Waals surface area (Å²) in [6.45, 7) is 3.81. The predicted molar refractivity (Wildman–Crippen MR) is 147 cm³/mol. The number of nitrogens with zero attached hydrogens (tertiary/aromatic N) is 2. The zero-order chi connectivity index (χ0) is 28.2. The van der Waals surface area contributed by atoms with Crippen molar-refractivity contribution < 1.29 is 23.9 Å². The second kappa shape index (κ2) is 14.5. The number of anilines is 3. The van der Waals surface area contributed by atoms with Crippen LogP contribution in [0.5, 0.6) is 5.75 Å². The van der Waals surface area contributed by atoms with Gasteiger partial charge in [0.1, 0.15) is 5.75 Å². The van der Waals surface area contributed by atoms with E-state index >= 15 is 0 Å². The molecule has 2 heterocycles. The zero-order valence-electron chi connectivity index (χ0n) is 22.3. The molecule has 1 aliphatic heterocycles. The van der Waals surface area contributed by atoms with E-state index in [1.54, 1.807) is 13.2 Å². The van der Waals surface area contributed by atoms with Crippen molar-refractivity contribution in [1.29, 1.82) is 0 Å². The minimum atomic E-state index is -0.693. The molecule has 3 rings (SSSR count). The summed E-state index contributed by atoms with van der Waals surface area (Å²) in [6, 6.07) is 5.68. The van der Waals surface area contributed by atoms with Gasteiger partial charge in [-0.1, -0.05) is 6.92 Å². The van der Waals surface area contributed by atoms with Gasteiger partial charge < -0.3 is 36.5 Å². The first-order valence-electron chi connectivity index (χ1n) is 12.8. The van der Waals surface area contributed by atoms with Gasteiger partial charge >= 0.3 is 0 Å². The standard InChI is InChI=1S/C27H35N7O5/c1-4-21-26(31-18-8-12-39-13-9-18)34-27(24(33-21)25(28)37)32-19-14-17(15-20(16-19)38-3)6-10-30-23(36)7-11-29-22(35)5-2/h2,14-16,18H,4,6-13H2,1,3H3,(H2,28,37)(H,29,35)(H,30,36)(H2,31,32,34). The lowest BCUT2D eigenvalue weighted by Gasteiger charge is -2.25. The van der Waals surface area contributed by atoms with E-state index in [0.29, 0.717) is 55.5 Å². The Morgan fingerprint density at radius 3 is 2.56 bits per heavy atom. The first-order valence-corrected chi connectivity index (χ1v) is 12.8. The molecule has 0 bridgehead atoms. The Balaban J connectivity index is 1.74. The molecule has 12 heteroatoms. The molecule has 0 spiro atoms. The van der Waals surface area contributed by atoms with Crippen molar-refractivity contribution in [2.24, 2.45) is 5.73 Å². The summed E-state index contributed by atoms with van der Waals surface area (Å²) >= 11 is 0. The number of aromatic nitrogens is 2. The molecule has 39 heavy (non-hydrogen) atoms. The van der Waals surface area contributed by atoms with Crippen molar-refractivity contribution in [3.8, 4) is 18.1 Å². The van der Waals surface area contributed by atoms with Crippen molar-refractivity contribution in [2.45, 2.75) is 45.1 Å². The van der Waals surface area contributed by atoms with Crippen LogP contribution in [-0.4, -0.2) is 67.1 Å². The molecule has 1 aliphatic rings. The fourth-order valence-electron chi connectivity index (χ4n) is 4.03. The van der Waals surface area contributed by atoms with Crippen molar-refractivity contribution in [2.75, 3.05) is 44.0 Å². The summed E-state index contributed by atoms with van der Waals surface area (Å²) in [5.41, 5.74) is 7.83. The third-order valence-electron chi connectivity index (χ3n) is 6.07. The van der Waals surface area contributed by atoms with Crippen molar-refractivity contribution >= 4 is 35.0 Å². The largest absolute Gasteiger partial charge is 0.497 e. The normalized spacial score (nSPS) is 13.2. The highest BCUT2D eigenvalue weighted by atomic mass is 16.5. The van der Waals surface area contributed by atoms with Gasteiger partial charge in [-0.25, -0.2) is 9.97 Å². The zero-order valence-corrected chi connectivity index (χ0v) is 22.3. The SMILES string of the molecule is C#CC(=O)NCCC(=O)NCCc1cc(Nc2nc(NC3CCOCC3)c(CC)nc2C(N)=O)cc(OC)c1. The summed E-state index contributed by atoms with van der Waals surface area (Å²) in [4.78, 5) is 44.6. The van der Waals surface area contributed by atoms with E-state index in [0.717, 1.165) is 18.4 Å². The molecule has 6 N–H and O–H groups in total. The maximum absolute atomic E-state index is 12.3. The summed E-state index contributed by atoms with van der Waals surface area (Å²) in [5.74, 6) is 1.88. The number of carbonyl (C=O) groups is 3. The van der Waals surface area contributed by atoms with Gasteiger partial charge in [0.25, 0.3) is 11.8 Å². The molecule has 1 aromatic heterocycles. The second-order valence-electron chi connectivity index (χ2n) is 8.91. The van der Waals surface area contributed by atoms with Gasteiger partial charge in [-0.3, -0.25) is 14.4 Å². The fourth-order valence-corrected chi connectivity index (χ4v) is 4.03. The van der Waals surface area contributed by atoms with Crippen molar-refractivity contribution in [1.82, 2.24) is 20.6 Å². The van der Waals surface area contributed by atoms with E-state index in [2.05, 4.69) is 26.3 Å². The van der Waals surface area contributed by atoms with Crippen LogP contribution in [0.1, 0.15) is 47.9 Å².